The lowest BCUT2D eigenvalue weighted by Gasteiger charge is -2.02. The zero-order chi connectivity index (χ0) is 17.6. The van der Waals surface area contributed by atoms with Gasteiger partial charge in [-0.3, -0.25) is 9.48 Å². The lowest BCUT2D eigenvalue weighted by Crippen LogP contribution is -2.18. The summed E-state index contributed by atoms with van der Waals surface area (Å²) in [5.41, 5.74) is 5.99. The van der Waals surface area contributed by atoms with E-state index in [4.69, 9.17) is 0 Å². The Kier molecular flexibility index (Phi) is 5.40. The first-order chi connectivity index (χ1) is 12.1. The van der Waals surface area contributed by atoms with Crippen molar-refractivity contribution in [1.29, 1.82) is 0 Å². The summed E-state index contributed by atoms with van der Waals surface area (Å²) in [6, 6.07) is 17.5. The normalized spacial score (nSPS) is 11.0. The third-order valence-corrected chi connectivity index (χ3v) is 4.16. The Morgan fingerprint density at radius 2 is 2.08 bits per heavy atom. The number of rotatable bonds is 5. The van der Waals surface area contributed by atoms with Crippen molar-refractivity contribution in [3.8, 4) is 0 Å². The summed E-state index contributed by atoms with van der Waals surface area (Å²) in [5.74, 6) is -0.335. The van der Waals surface area contributed by atoms with Gasteiger partial charge in [-0.1, -0.05) is 52.3 Å². The van der Waals surface area contributed by atoms with Crippen LogP contribution in [0.3, 0.4) is 0 Å². The number of aromatic nitrogens is 2. The third-order valence-electron chi connectivity index (χ3n) is 3.67. The summed E-state index contributed by atoms with van der Waals surface area (Å²) >= 11 is 3.45. The lowest BCUT2D eigenvalue weighted by atomic mass is 10.1. The van der Waals surface area contributed by atoms with Crippen molar-refractivity contribution in [3.63, 3.8) is 0 Å². The largest absolute Gasteiger partial charge is 0.291 e. The highest BCUT2D eigenvalue weighted by molar-refractivity contribution is 9.10. The van der Waals surface area contributed by atoms with Gasteiger partial charge in [0, 0.05) is 10.7 Å². The quantitative estimate of drug-likeness (QED) is 0.527. The number of halogens is 1. The minimum Gasteiger partial charge on any atom is -0.268 e. The van der Waals surface area contributed by atoms with E-state index in [2.05, 4.69) is 31.6 Å². The fourth-order valence-corrected chi connectivity index (χ4v) is 2.79. The van der Waals surface area contributed by atoms with Gasteiger partial charge in [0.1, 0.15) is 0 Å². The fourth-order valence-electron chi connectivity index (χ4n) is 2.34. The molecule has 5 nitrogen and oxygen atoms in total. The number of hydrogen-bond donors (Lipinski definition) is 1. The monoisotopic (exact) mass is 396 g/mol. The summed E-state index contributed by atoms with van der Waals surface area (Å²) in [5, 5.41) is 8.30. The second-order valence-corrected chi connectivity index (χ2v) is 6.50. The van der Waals surface area contributed by atoms with Crippen LogP contribution in [0.15, 0.2) is 70.4 Å². The van der Waals surface area contributed by atoms with E-state index in [0.717, 1.165) is 21.2 Å². The van der Waals surface area contributed by atoms with E-state index in [1.54, 1.807) is 23.2 Å². The number of benzene rings is 2. The maximum absolute atomic E-state index is 12.1. The van der Waals surface area contributed by atoms with Crippen molar-refractivity contribution in [2.75, 3.05) is 0 Å². The minimum atomic E-state index is -0.335. The molecular weight excluding hydrogens is 380 g/mol. The Morgan fingerprint density at radius 3 is 2.88 bits per heavy atom. The molecule has 0 aliphatic carbocycles. The summed E-state index contributed by atoms with van der Waals surface area (Å²) in [4.78, 5) is 12.1. The molecule has 0 aliphatic heterocycles. The van der Waals surface area contributed by atoms with Crippen molar-refractivity contribution in [1.82, 2.24) is 15.2 Å². The van der Waals surface area contributed by atoms with Crippen molar-refractivity contribution in [3.05, 3.63) is 87.7 Å². The highest BCUT2D eigenvalue weighted by atomic mass is 79.9. The van der Waals surface area contributed by atoms with Gasteiger partial charge in [0.2, 0.25) is 0 Å². The van der Waals surface area contributed by atoms with Crippen molar-refractivity contribution >= 4 is 28.1 Å². The second-order valence-electron chi connectivity index (χ2n) is 5.58. The molecule has 126 valence electrons. The van der Waals surface area contributed by atoms with Gasteiger partial charge in [-0.25, -0.2) is 5.43 Å². The molecule has 0 atom stereocenters. The lowest BCUT2D eigenvalue weighted by molar-refractivity contribution is 0.0949. The molecule has 0 spiro atoms. The molecule has 6 heteroatoms. The van der Waals surface area contributed by atoms with Gasteiger partial charge < -0.3 is 0 Å². The van der Waals surface area contributed by atoms with Gasteiger partial charge in [-0.2, -0.15) is 10.2 Å². The van der Waals surface area contributed by atoms with Crippen LogP contribution in [0.1, 0.15) is 27.2 Å². The van der Waals surface area contributed by atoms with Crippen molar-refractivity contribution < 1.29 is 4.79 Å². The number of nitrogens with one attached hydrogen (secondary N) is 1. The van der Waals surface area contributed by atoms with E-state index in [-0.39, 0.29) is 5.91 Å². The van der Waals surface area contributed by atoms with Gasteiger partial charge in [-0.15, -0.1) is 0 Å². The van der Waals surface area contributed by atoms with E-state index in [0.29, 0.717) is 12.2 Å². The summed E-state index contributed by atoms with van der Waals surface area (Å²) in [7, 11) is 0. The zero-order valence-electron chi connectivity index (χ0n) is 13.7. The molecule has 1 aromatic heterocycles. The molecule has 1 heterocycles. The molecule has 0 bridgehead atoms. The SMILES string of the molecule is Cc1ccccc1/C=N/NC(=O)c1ccn(Cc2cccc(Br)c2)n1. The van der Waals surface area contributed by atoms with Crippen LogP contribution in [0, 0.1) is 6.92 Å². The van der Waals surface area contributed by atoms with E-state index >= 15 is 0 Å². The number of hydrogen-bond acceptors (Lipinski definition) is 3. The van der Waals surface area contributed by atoms with Crippen LogP contribution in [-0.4, -0.2) is 21.9 Å². The number of hydrazone groups is 1. The molecular formula is C19H17BrN4O. The molecule has 0 fully saturated rings. The molecule has 0 saturated carbocycles. The summed E-state index contributed by atoms with van der Waals surface area (Å²) in [6.07, 6.45) is 3.41. The first-order valence-electron chi connectivity index (χ1n) is 7.79. The van der Waals surface area contributed by atoms with Gasteiger partial charge in [-0.05, 0) is 41.8 Å². The number of carbonyl (C=O) groups is 1. The van der Waals surface area contributed by atoms with Gasteiger partial charge in [0.15, 0.2) is 5.69 Å². The average molecular weight is 397 g/mol. The van der Waals surface area contributed by atoms with Gasteiger partial charge in [0.25, 0.3) is 5.91 Å². The average Bonchev–Trinajstić information content (AvgIpc) is 3.05. The second kappa shape index (κ2) is 7.90. The maximum atomic E-state index is 12.1. The maximum Gasteiger partial charge on any atom is 0.291 e. The minimum absolute atomic E-state index is 0.330. The Morgan fingerprint density at radius 1 is 1.24 bits per heavy atom. The van der Waals surface area contributed by atoms with Crippen LogP contribution in [-0.2, 0) is 6.54 Å². The molecule has 0 saturated heterocycles. The van der Waals surface area contributed by atoms with Crippen LogP contribution in [0.25, 0.3) is 0 Å². The highest BCUT2D eigenvalue weighted by Gasteiger charge is 2.08. The van der Waals surface area contributed by atoms with Crippen molar-refractivity contribution in [2.24, 2.45) is 5.10 Å². The number of amides is 1. The zero-order valence-corrected chi connectivity index (χ0v) is 15.3. The molecule has 0 radical (unpaired) electrons. The van der Waals surface area contributed by atoms with Crippen LogP contribution < -0.4 is 5.43 Å². The Balaban J connectivity index is 1.62. The first kappa shape index (κ1) is 17.1. The standard InChI is InChI=1S/C19H17BrN4O/c1-14-5-2-3-7-16(14)12-21-22-19(25)18-9-10-24(23-18)13-15-6-4-8-17(20)11-15/h2-12H,13H2,1H3,(H,22,25)/b21-12+. The van der Waals surface area contributed by atoms with E-state index in [1.807, 2.05) is 55.5 Å². The Bertz CT molecular complexity index is 917. The third kappa shape index (κ3) is 4.64. The molecule has 1 N–H and O–H groups in total. The molecule has 2 aromatic carbocycles. The predicted octanol–water partition coefficient (Wildman–Crippen LogP) is 3.77. The number of carbonyl (C=O) groups excluding carboxylic acids is 1. The number of aryl methyl sites for hydroxylation is 1. The predicted molar refractivity (Wildman–Crippen MR) is 102 cm³/mol. The van der Waals surface area contributed by atoms with Crippen molar-refractivity contribution in [2.45, 2.75) is 13.5 Å². The van der Waals surface area contributed by atoms with Crippen LogP contribution >= 0.6 is 15.9 Å². The molecule has 0 aliphatic rings. The van der Waals surface area contributed by atoms with Gasteiger partial charge in [0.05, 0.1) is 12.8 Å². The molecule has 3 rings (SSSR count). The van der Waals surface area contributed by atoms with Crippen LogP contribution in [0.5, 0.6) is 0 Å². The fraction of sp³-hybridized carbons (Fsp3) is 0.105. The Hall–Kier alpha value is -2.73. The highest BCUT2D eigenvalue weighted by Crippen LogP contribution is 2.12. The van der Waals surface area contributed by atoms with Gasteiger partial charge >= 0.3 is 0 Å². The molecule has 25 heavy (non-hydrogen) atoms. The smallest absolute Gasteiger partial charge is 0.268 e. The Labute approximate surface area is 154 Å². The number of nitrogens with zero attached hydrogens (tertiary/aromatic N) is 3. The van der Waals surface area contributed by atoms with Crippen LogP contribution in [0.2, 0.25) is 0 Å². The first-order valence-corrected chi connectivity index (χ1v) is 8.58. The molecule has 0 unspecified atom stereocenters. The summed E-state index contributed by atoms with van der Waals surface area (Å²) < 4.78 is 2.74. The van der Waals surface area contributed by atoms with E-state index < -0.39 is 0 Å². The van der Waals surface area contributed by atoms with E-state index in [1.165, 1.54) is 0 Å². The van der Waals surface area contributed by atoms with E-state index in [9.17, 15) is 4.79 Å². The molecule has 3 aromatic rings. The van der Waals surface area contributed by atoms with Crippen LogP contribution in [0.4, 0.5) is 0 Å². The molecule has 1 amide bonds. The topological polar surface area (TPSA) is 59.3 Å². The summed E-state index contributed by atoms with van der Waals surface area (Å²) in [6.45, 7) is 2.59.